The Hall–Kier alpha value is -1.55. The molecule has 0 atom stereocenters. The van der Waals surface area contributed by atoms with Crippen molar-refractivity contribution in [2.24, 2.45) is 0 Å². The molecule has 0 N–H and O–H groups in total. The summed E-state index contributed by atoms with van der Waals surface area (Å²) < 4.78 is 9.65. The van der Waals surface area contributed by atoms with E-state index in [1.807, 2.05) is 0 Å². The predicted octanol–water partition coefficient (Wildman–Crippen LogP) is 2.19. The third kappa shape index (κ3) is 3.59. The Kier molecular flexibility index (Phi) is 3.68. The lowest BCUT2D eigenvalue weighted by Gasteiger charge is -2.08. The van der Waals surface area contributed by atoms with Crippen molar-refractivity contribution in [3.05, 3.63) is 23.2 Å². The molecule has 15 heavy (non-hydrogen) atoms. The summed E-state index contributed by atoms with van der Waals surface area (Å²) in [7, 11) is 0. The topological polar surface area (TPSA) is 52.6 Å². The van der Waals surface area contributed by atoms with Crippen molar-refractivity contribution in [3.8, 4) is 11.5 Å². The molecular weight excluding hydrogens is 220 g/mol. The number of hydrogen-bond acceptors (Lipinski definition) is 4. The predicted molar refractivity (Wildman–Crippen MR) is 54.1 cm³/mol. The zero-order valence-electron chi connectivity index (χ0n) is 8.24. The van der Waals surface area contributed by atoms with E-state index in [1.54, 1.807) is 0 Å². The van der Waals surface area contributed by atoms with Crippen LogP contribution in [0.2, 0.25) is 5.02 Å². The molecule has 1 aromatic rings. The molecule has 0 radical (unpaired) electrons. The van der Waals surface area contributed by atoms with Gasteiger partial charge >= 0.3 is 11.9 Å². The molecule has 0 unspecified atom stereocenters. The van der Waals surface area contributed by atoms with Gasteiger partial charge in [0, 0.05) is 24.9 Å². The smallest absolute Gasteiger partial charge is 0.308 e. The fourth-order valence-corrected chi connectivity index (χ4v) is 1.12. The number of rotatable bonds is 2. The van der Waals surface area contributed by atoms with Gasteiger partial charge in [-0.1, -0.05) is 11.6 Å². The van der Waals surface area contributed by atoms with E-state index in [0.717, 1.165) is 0 Å². The second-order valence-electron chi connectivity index (χ2n) is 2.78. The van der Waals surface area contributed by atoms with E-state index in [9.17, 15) is 9.59 Å². The van der Waals surface area contributed by atoms with Crippen LogP contribution >= 0.6 is 11.6 Å². The van der Waals surface area contributed by atoms with Crippen LogP contribution in [0.15, 0.2) is 18.2 Å². The highest BCUT2D eigenvalue weighted by atomic mass is 35.5. The number of benzene rings is 1. The third-order valence-electron chi connectivity index (χ3n) is 1.41. The second-order valence-corrected chi connectivity index (χ2v) is 3.21. The van der Waals surface area contributed by atoms with Crippen LogP contribution in [0.3, 0.4) is 0 Å². The maximum Gasteiger partial charge on any atom is 0.308 e. The van der Waals surface area contributed by atoms with E-state index in [0.29, 0.717) is 5.02 Å². The Labute approximate surface area is 91.7 Å². The molecule has 0 aliphatic heterocycles. The average molecular weight is 229 g/mol. The Morgan fingerprint density at radius 3 is 2.13 bits per heavy atom. The summed E-state index contributed by atoms with van der Waals surface area (Å²) in [5, 5.41) is 0.391. The van der Waals surface area contributed by atoms with Crippen molar-refractivity contribution in [2.75, 3.05) is 0 Å². The number of esters is 2. The molecule has 1 aromatic carbocycles. The van der Waals surface area contributed by atoms with Gasteiger partial charge in [-0.25, -0.2) is 0 Å². The largest absolute Gasteiger partial charge is 0.423 e. The summed E-state index contributed by atoms with van der Waals surface area (Å²) in [5.74, 6) is -0.705. The normalized spacial score (nSPS) is 9.53. The van der Waals surface area contributed by atoms with Gasteiger partial charge in [0.1, 0.15) is 0 Å². The highest BCUT2D eigenvalue weighted by molar-refractivity contribution is 6.30. The molecule has 0 aliphatic rings. The van der Waals surface area contributed by atoms with Crippen LogP contribution in [-0.4, -0.2) is 11.9 Å². The summed E-state index contributed by atoms with van der Waals surface area (Å²) in [6.07, 6.45) is 0. The van der Waals surface area contributed by atoms with Gasteiger partial charge in [0.05, 0.1) is 0 Å². The molecule has 0 amide bonds. The van der Waals surface area contributed by atoms with Crippen molar-refractivity contribution < 1.29 is 19.1 Å². The van der Waals surface area contributed by atoms with Crippen LogP contribution in [0.4, 0.5) is 0 Å². The summed E-state index contributed by atoms with van der Waals surface area (Å²) in [4.78, 5) is 21.5. The monoisotopic (exact) mass is 228 g/mol. The molecule has 1 rings (SSSR count). The summed E-state index contributed by atoms with van der Waals surface area (Å²) in [5.41, 5.74) is 0. The summed E-state index contributed by atoms with van der Waals surface area (Å²) in [6, 6.07) is 4.40. The van der Waals surface area contributed by atoms with E-state index in [4.69, 9.17) is 21.1 Å². The Morgan fingerprint density at radius 2 is 1.60 bits per heavy atom. The molecular formula is C10H9ClO4. The minimum atomic E-state index is -0.509. The molecule has 0 spiro atoms. The van der Waals surface area contributed by atoms with Gasteiger partial charge < -0.3 is 9.47 Å². The van der Waals surface area contributed by atoms with Crippen molar-refractivity contribution >= 4 is 23.5 Å². The fourth-order valence-electron chi connectivity index (χ4n) is 0.956. The van der Waals surface area contributed by atoms with Crippen molar-refractivity contribution in [2.45, 2.75) is 13.8 Å². The first-order valence-electron chi connectivity index (χ1n) is 4.15. The second kappa shape index (κ2) is 4.79. The lowest BCUT2D eigenvalue weighted by atomic mass is 10.3. The van der Waals surface area contributed by atoms with E-state index in [1.165, 1.54) is 32.0 Å². The minimum Gasteiger partial charge on any atom is -0.423 e. The van der Waals surface area contributed by atoms with Gasteiger partial charge in [0.25, 0.3) is 0 Å². The van der Waals surface area contributed by atoms with Crippen LogP contribution in [-0.2, 0) is 9.59 Å². The van der Waals surface area contributed by atoms with Crippen molar-refractivity contribution in [3.63, 3.8) is 0 Å². The van der Waals surface area contributed by atoms with E-state index in [-0.39, 0.29) is 11.5 Å². The Morgan fingerprint density at radius 1 is 1.07 bits per heavy atom. The first-order chi connectivity index (χ1) is 6.99. The molecule has 0 heterocycles. The molecule has 0 fully saturated rings. The fraction of sp³-hybridized carbons (Fsp3) is 0.200. The molecule has 0 bridgehead atoms. The molecule has 0 saturated carbocycles. The molecule has 5 heteroatoms. The van der Waals surface area contributed by atoms with Gasteiger partial charge in [-0.05, 0) is 12.1 Å². The molecule has 0 aliphatic carbocycles. The van der Waals surface area contributed by atoms with Crippen molar-refractivity contribution in [1.29, 1.82) is 0 Å². The summed E-state index contributed by atoms with van der Waals surface area (Å²) in [6.45, 7) is 2.50. The van der Waals surface area contributed by atoms with Crippen LogP contribution in [0.5, 0.6) is 11.5 Å². The van der Waals surface area contributed by atoms with E-state index < -0.39 is 11.9 Å². The lowest BCUT2D eigenvalue weighted by Crippen LogP contribution is -2.06. The Balaban J connectivity index is 3.02. The van der Waals surface area contributed by atoms with Gasteiger partial charge in [-0.3, -0.25) is 9.59 Å². The Bertz CT molecular complexity index is 400. The number of ether oxygens (including phenoxy) is 2. The molecule has 0 saturated heterocycles. The molecule has 0 aromatic heterocycles. The van der Waals surface area contributed by atoms with Crippen LogP contribution < -0.4 is 9.47 Å². The van der Waals surface area contributed by atoms with Crippen LogP contribution in [0, 0.1) is 0 Å². The highest BCUT2D eigenvalue weighted by Gasteiger charge is 2.10. The van der Waals surface area contributed by atoms with Gasteiger partial charge in [-0.2, -0.15) is 0 Å². The van der Waals surface area contributed by atoms with E-state index >= 15 is 0 Å². The first kappa shape index (κ1) is 11.5. The maximum atomic E-state index is 10.8. The summed E-state index contributed by atoms with van der Waals surface area (Å²) >= 11 is 5.71. The number of hydrogen-bond donors (Lipinski definition) is 0. The molecule has 4 nitrogen and oxygen atoms in total. The zero-order valence-corrected chi connectivity index (χ0v) is 9.00. The van der Waals surface area contributed by atoms with Crippen LogP contribution in [0.25, 0.3) is 0 Å². The quantitative estimate of drug-likeness (QED) is 0.575. The van der Waals surface area contributed by atoms with Gasteiger partial charge in [0.2, 0.25) is 0 Å². The SMILES string of the molecule is CC(=O)Oc1ccc(Cl)cc1OC(C)=O. The lowest BCUT2D eigenvalue weighted by molar-refractivity contribution is -0.134. The standard InChI is InChI=1S/C10H9ClO4/c1-6(12)14-9-4-3-8(11)5-10(9)15-7(2)13/h3-5H,1-2H3. The number of carbonyl (C=O) groups excluding carboxylic acids is 2. The highest BCUT2D eigenvalue weighted by Crippen LogP contribution is 2.30. The zero-order chi connectivity index (χ0) is 11.4. The van der Waals surface area contributed by atoms with E-state index in [2.05, 4.69) is 0 Å². The number of halogens is 1. The first-order valence-corrected chi connectivity index (χ1v) is 4.53. The van der Waals surface area contributed by atoms with Gasteiger partial charge in [-0.15, -0.1) is 0 Å². The molecule has 80 valence electrons. The van der Waals surface area contributed by atoms with Crippen LogP contribution in [0.1, 0.15) is 13.8 Å². The maximum absolute atomic E-state index is 10.8. The number of carbonyl (C=O) groups is 2. The van der Waals surface area contributed by atoms with Crippen molar-refractivity contribution in [1.82, 2.24) is 0 Å². The minimum absolute atomic E-state index is 0.130. The third-order valence-corrected chi connectivity index (χ3v) is 1.65. The average Bonchev–Trinajstić information content (AvgIpc) is 2.08. The van der Waals surface area contributed by atoms with Gasteiger partial charge in [0.15, 0.2) is 11.5 Å².